The fraction of sp³-hybridized carbons (Fsp3) is 0.0769. The maximum absolute atomic E-state index is 13.7. The minimum atomic E-state index is -1.98. The first-order chi connectivity index (χ1) is 9.06. The summed E-state index contributed by atoms with van der Waals surface area (Å²) in [5.41, 5.74) is 0. The molecule has 0 radical (unpaired) electrons. The molecular formula is C13H10F4NP. The van der Waals surface area contributed by atoms with Gasteiger partial charge in [0.2, 0.25) is 0 Å². The van der Waals surface area contributed by atoms with Crippen LogP contribution in [0.1, 0.15) is 0 Å². The summed E-state index contributed by atoms with van der Waals surface area (Å²) < 4.78 is 54.9. The van der Waals surface area contributed by atoms with Gasteiger partial charge in [-0.15, -0.1) is 0 Å². The standard InChI is InChI=1S/C13H10F4NP/c1-18-19(12-8(14)4-2-5-9(12)15)13-10(16)6-3-7-11(13)17/h2-7,18H,1H3. The van der Waals surface area contributed by atoms with Crippen molar-refractivity contribution in [2.75, 3.05) is 7.05 Å². The number of hydrogen-bond acceptors (Lipinski definition) is 1. The van der Waals surface area contributed by atoms with E-state index >= 15 is 0 Å². The summed E-state index contributed by atoms with van der Waals surface area (Å²) >= 11 is 0. The van der Waals surface area contributed by atoms with Gasteiger partial charge in [0.25, 0.3) is 0 Å². The van der Waals surface area contributed by atoms with Crippen LogP contribution in [-0.2, 0) is 0 Å². The van der Waals surface area contributed by atoms with Crippen LogP contribution in [0.3, 0.4) is 0 Å². The van der Waals surface area contributed by atoms with Crippen molar-refractivity contribution in [2.24, 2.45) is 0 Å². The van der Waals surface area contributed by atoms with Crippen molar-refractivity contribution in [3.05, 3.63) is 59.7 Å². The Hall–Kier alpha value is -1.45. The third kappa shape index (κ3) is 2.62. The second-order valence-corrected chi connectivity index (χ2v) is 5.71. The van der Waals surface area contributed by atoms with E-state index < -0.39 is 31.3 Å². The van der Waals surface area contributed by atoms with E-state index in [1.165, 1.54) is 19.2 Å². The van der Waals surface area contributed by atoms with Gasteiger partial charge in [-0.05, 0) is 31.3 Å². The zero-order valence-corrected chi connectivity index (χ0v) is 10.8. The Kier molecular flexibility index (Phi) is 4.17. The molecule has 0 spiro atoms. The average molecular weight is 287 g/mol. The Morgan fingerprint density at radius 1 is 0.737 bits per heavy atom. The van der Waals surface area contributed by atoms with E-state index in [1.807, 2.05) is 0 Å². The fourth-order valence-electron chi connectivity index (χ4n) is 1.74. The number of rotatable bonds is 3. The van der Waals surface area contributed by atoms with Crippen LogP contribution >= 0.6 is 8.07 Å². The highest BCUT2D eigenvalue weighted by molar-refractivity contribution is 7.71. The van der Waals surface area contributed by atoms with Crippen LogP contribution in [-0.4, -0.2) is 7.05 Å². The first-order valence-electron chi connectivity index (χ1n) is 5.41. The van der Waals surface area contributed by atoms with Crippen LogP contribution in [0.2, 0.25) is 0 Å². The van der Waals surface area contributed by atoms with E-state index in [1.54, 1.807) is 0 Å². The zero-order valence-electron chi connectivity index (χ0n) is 9.92. The van der Waals surface area contributed by atoms with Crippen LogP contribution in [0.25, 0.3) is 0 Å². The van der Waals surface area contributed by atoms with Gasteiger partial charge in [-0.25, -0.2) is 17.6 Å². The van der Waals surface area contributed by atoms with E-state index in [0.29, 0.717) is 0 Å². The second kappa shape index (κ2) is 5.68. The van der Waals surface area contributed by atoms with Crippen molar-refractivity contribution in [3.8, 4) is 0 Å². The summed E-state index contributed by atoms with van der Waals surface area (Å²) in [5.74, 6) is -3.32. The third-order valence-corrected chi connectivity index (χ3v) is 4.74. The molecule has 0 unspecified atom stereocenters. The Morgan fingerprint density at radius 3 is 1.32 bits per heavy atom. The molecule has 0 fully saturated rings. The molecule has 2 aromatic rings. The van der Waals surface area contributed by atoms with Crippen LogP contribution in [0.15, 0.2) is 36.4 Å². The molecule has 19 heavy (non-hydrogen) atoms. The normalized spacial score (nSPS) is 11.1. The molecule has 0 atom stereocenters. The Balaban J connectivity index is 2.64. The molecule has 1 N–H and O–H groups in total. The molecule has 0 aliphatic heterocycles. The summed E-state index contributed by atoms with van der Waals surface area (Å²) in [6.07, 6.45) is 0. The van der Waals surface area contributed by atoms with Crippen molar-refractivity contribution < 1.29 is 17.6 Å². The van der Waals surface area contributed by atoms with E-state index in [-0.39, 0.29) is 10.6 Å². The Labute approximate surface area is 109 Å². The lowest BCUT2D eigenvalue weighted by Crippen LogP contribution is -2.29. The lowest BCUT2D eigenvalue weighted by Gasteiger charge is -2.19. The van der Waals surface area contributed by atoms with Crippen molar-refractivity contribution in [3.63, 3.8) is 0 Å². The molecule has 0 aromatic heterocycles. The van der Waals surface area contributed by atoms with E-state index in [4.69, 9.17) is 0 Å². The average Bonchev–Trinajstić information content (AvgIpc) is 2.36. The Morgan fingerprint density at radius 2 is 1.05 bits per heavy atom. The van der Waals surface area contributed by atoms with Crippen molar-refractivity contribution in [1.82, 2.24) is 5.09 Å². The highest BCUT2D eigenvalue weighted by Gasteiger charge is 2.25. The van der Waals surface area contributed by atoms with Gasteiger partial charge in [0.15, 0.2) is 0 Å². The van der Waals surface area contributed by atoms with Gasteiger partial charge in [0.05, 0.1) is 10.6 Å². The fourth-order valence-corrected chi connectivity index (χ4v) is 3.56. The molecular weight excluding hydrogens is 277 g/mol. The summed E-state index contributed by atoms with van der Waals surface area (Å²) in [7, 11) is -0.576. The minimum Gasteiger partial charge on any atom is -0.291 e. The molecule has 0 amide bonds. The summed E-state index contributed by atoms with van der Waals surface area (Å²) in [6.45, 7) is 0. The quantitative estimate of drug-likeness (QED) is 0.676. The van der Waals surface area contributed by atoms with Crippen LogP contribution in [0, 0.1) is 23.3 Å². The summed E-state index contributed by atoms with van der Waals surface area (Å²) in [5, 5.41) is 1.92. The predicted octanol–water partition coefficient (Wildman–Crippen LogP) is 2.81. The monoisotopic (exact) mass is 287 g/mol. The largest absolute Gasteiger partial charge is 0.291 e. The smallest absolute Gasteiger partial charge is 0.135 e. The molecule has 1 nitrogen and oxygen atoms in total. The predicted molar refractivity (Wildman–Crippen MR) is 68.0 cm³/mol. The van der Waals surface area contributed by atoms with Crippen molar-refractivity contribution in [1.29, 1.82) is 0 Å². The summed E-state index contributed by atoms with van der Waals surface area (Å²) in [6, 6.07) is 6.64. The lowest BCUT2D eigenvalue weighted by atomic mass is 10.3. The number of halogens is 4. The third-order valence-electron chi connectivity index (χ3n) is 2.55. The van der Waals surface area contributed by atoms with Gasteiger partial charge in [-0.1, -0.05) is 12.1 Å². The van der Waals surface area contributed by atoms with Crippen LogP contribution in [0.4, 0.5) is 17.6 Å². The van der Waals surface area contributed by atoms with Crippen molar-refractivity contribution in [2.45, 2.75) is 0 Å². The molecule has 2 rings (SSSR count). The SMILES string of the molecule is CNP(c1c(F)cccc1F)c1c(F)cccc1F. The van der Waals surface area contributed by atoms with E-state index in [2.05, 4.69) is 5.09 Å². The first kappa shape index (κ1) is 14.0. The second-order valence-electron chi connectivity index (χ2n) is 3.70. The molecule has 2 aromatic carbocycles. The maximum atomic E-state index is 13.7. The van der Waals surface area contributed by atoms with Gasteiger partial charge in [0.1, 0.15) is 23.3 Å². The molecule has 0 saturated carbocycles. The molecule has 100 valence electrons. The van der Waals surface area contributed by atoms with Gasteiger partial charge < -0.3 is 0 Å². The topological polar surface area (TPSA) is 12.0 Å². The van der Waals surface area contributed by atoms with Crippen LogP contribution < -0.4 is 15.7 Å². The molecule has 0 bridgehead atoms. The number of nitrogens with one attached hydrogen (secondary N) is 1. The van der Waals surface area contributed by atoms with Gasteiger partial charge in [-0.3, -0.25) is 5.09 Å². The lowest BCUT2D eigenvalue weighted by molar-refractivity contribution is 0.594. The summed E-state index contributed by atoms with van der Waals surface area (Å²) in [4.78, 5) is 0. The van der Waals surface area contributed by atoms with Gasteiger partial charge >= 0.3 is 0 Å². The minimum absolute atomic E-state index is 0.344. The van der Waals surface area contributed by atoms with Gasteiger partial charge in [0, 0.05) is 8.07 Å². The molecule has 6 heteroatoms. The molecule has 0 aliphatic rings. The molecule has 0 saturated heterocycles. The first-order valence-corrected chi connectivity index (χ1v) is 6.76. The zero-order chi connectivity index (χ0) is 14.0. The number of benzene rings is 2. The van der Waals surface area contributed by atoms with Crippen LogP contribution in [0.5, 0.6) is 0 Å². The van der Waals surface area contributed by atoms with E-state index in [0.717, 1.165) is 24.3 Å². The Bertz CT molecular complexity index is 511. The highest BCUT2D eigenvalue weighted by Crippen LogP contribution is 2.32. The van der Waals surface area contributed by atoms with E-state index in [9.17, 15) is 17.6 Å². The number of hydrogen-bond donors (Lipinski definition) is 1. The maximum Gasteiger partial charge on any atom is 0.135 e. The van der Waals surface area contributed by atoms with Crippen molar-refractivity contribution >= 4 is 18.7 Å². The highest BCUT2D eigenvalue weighted by atomic mass is 31.1. The molecule has 0 aliphatic carbocycles. The molecule has 0 heterocycles. The van der Waals surface area contributed by atoms with Gasteiger partial charge in [-0.2, -0.15) is 0 Å².